The molecule has 1 aliphatic rings. The van der Waals surface area contributed by atoms with Crippen molar-refractivity contribution in [3.63, 3.8) is 0 Å². The largest absolute Gasteiger partial charge is 0.430 e. The average Bonchev–Trinajstić information content (AvgIpc) is 2.57. The molecule has 0 fully saturated rings. The third kappa shape index (κ3) is 4.87. The zero-order valence-electron chi connectivity index (χ0n) is 14.2. The van der Waals surface area contributed by atoms with Crippen LogP contribution in [0.15, 0.2) is 18.1 Å². The van der Waals surface area contributed by atoms with E-state index in [-0.39, 0.29) is 5.95 Å². The van der Waals surface area contributed by atoms with Gasteiger partial charge < -0.3 is 15.7 Å². The van der Waals surface area contributed by atoms with Gasteiger partial charge in [0.25, 0.3) is 5.92 Å². The number of nitrogens with one attached hydrogen (secondary N) is 2. The van der Waals surface area contributed by atoms with Crippen LogP contribution in [0.2, 0.25) is 0 Å². The van der Waals surface area contributed by atoms with Crippen molar-refractivity contribution in [2.75, 3.05) is 17.2 Å². The molecule has 0 bridgehead atoms. The minimum Gasteiger partial charge on any atom is -0.380 e. The Bertz CT molecular complexity index is 749. The molecule has 1 unspecified atom stereocenters. The summed E-state index contributed by atoms with van der Waals surface area (Å²) in [5, 5.41) is 14.0. The summed E-state index contributed by atoms with van der Waals surface area (Å²) >= 11 is 0. The van der Waals surface area contributed by atoms with Crippen molar-refractivity contribution < 1.29 is 31.4 Å². The molecule has 0 amide bonds. The number of aliphatic hydroxyl groups is 1. The summed E-state index contributed by atoms with van der Waals surface area (Å²) in [6, 6.07) is 0. The van der Waals surface area contributed by atoms with E-state index in [1.54, 1.807) is 0 Å². The van der Waals surface area contributed by atoms with Crippen molar-refractivity contribution in [1.82, 2.24) is 15.0 Å². The molecule has 1 aliphatic carbocycles. The second-order valence-electron chi connectivity index (χ2n) is 5.82. The Morgan fingerprint density at radius 3 is 2.48 bits per heavy atom. The number of alkyl halides is 5. The molecule has 1 aromatic heterocycles. The van der Waals surface area contributed by atoms with Crippen LogP contribution in [0.4, 0.5) is 38.2 Å². The van der Waals surface area contributed by atoms with Crippen molar-refractivity contribution in [2.45, 2.75) is 44.4 Å². The van der Waals surface area contributed by atoms with E-state index in [0.717, 1.165) is 0 Å². The lowest BCUT2D eigenvalue weighted by Gasteiger charge is -2.27. The number of nitrogens with zero attached hydrogens (tertiary/aromatic N) is 3. The van der Waals surface area contributed by atoms with Crippen molar-refractivity contribution in [1.29, 1.82) is 0 Å². The number of halogens is 6. The van der Waals surface area contributed by atoms with Gasteiger partial charge in [0, 0.05) is 18.5 Å². The molecule has 2 rings (SSSR count). The van der Waals surface area contributed by atoms with Gasteiger partial charge in [-0.25, -0.2) is 13.2 Å². The van der Waals surface area contributed by atoms with Crippen LogP contribution in [0.3, 0.4) is 0 Å². The van der Waals surface area contributed by atoms with Gasteiger partial charge in [0.1, 0.15) is 11.5 Å². The second-order valence-corrected chi connectivity index (χ2v) is 5.82. The van der Waals surface area contributed by atoms with Crippen LogP contribution in [-0.4, -0.2) is 44.8 Å². The maximum atomic E-state index is 14.2. The summed E-state index contributed by atoms with van der Waals surface area (Å²) in [6.45, 7) is 4.98. The number of aliphatic hydroxyl groups excluding tert-OH is 1. The van der Waals surface area contributed by atoms with Gasteiger partial charge in [0.05, 0.1) is 0 Å². The molecule has 3 N–H and O–H groups in total. The predicted molar refractivity (Wildman–Crippen MR) is 85.6 cm³/mol. The van der Waals surface area contributed by atoms with E-state index in [9.17, 15) is 31.4 Å². The molecule has 27 heavy (non-hydrogen) atoms. The normalized spacial score (nSPS) is 19.8. The molecule has 1 heterocycles. The van der Waals surface area contributed by atoms with Crippen LogP contribution in [0.5, 0.6) is 0 Å². The molecule has 0 spiro atoms. The monoisotopic (exact) mass is 397 g/mol. The number of hydrogen-bond acceptors (Lipinski definition) is 6. The zero-order valence-corrected chi connectivity index (χ0v) is 14.2. The minimum absolute atomic E-state index is 0.175. The lowest BCUT2D eigenvalue weighted by atomic mass is 9.92. The molecule has 12 heteroatoms. The highest BCUT2D eigenvalue weighted by molar-refractivity contribution is 5.66. The molecule has 0 aromatic carbocycles. The molecule has 150 valence electrons. The number of rotatable bonds is 6. The maximum Gasteiger partial charge on any atom is 0.430 e. The fraction of sp³-hybridized carbons (Fsp3) is 0.533. The Morgan fingerprint density at radius 1 is 1.26 bits per heavy atom. The highest BCUT2D eigenvalue weighted by atomic mass is 19.4. The number of aromatic nitrogens is 3. The van der Waals surface area contributed by atoms with E-state index in [4.69, 9.17) is 0 Å². The molecule has 0 aliphatic heterocycles. The van der Waals surface area contributed by atoms with E-state index < -0.39 is 59.9 Å². The number of hydrogen-bond donors (Lipinski definition) is 3. The summed E-state index contributed by atoms with van der Waals surface area (Å²) in [6.07, 6.45) is -8.20. The van der Waals surface area contributed by atoms with Gasteiger partial charge in [-0.1, -0.05) is 13.5 Å². The van der Waals surface area contributed by atoms with Gasteiger partial charge >= 0.3 is 6.18 Å². The Hall–Kier alpha value is -2.37. The van der Waals surface area contributed by atoms with Crippen LogP contribution in [0, 0.1) is 0 Å². The van der Waals surface area contributed by atoms with Gasteiger partial charge in [-0.15, -0.1) is 0 Å². The number of anilines is 2. The summed E-state index contributed by atoms with van der Waals surface area (Å²) in [4.78, 5) is 11.3. The third-order valence-electron chi connectivity index (χ3n) is 3.68. The molecule has 0 saturated carbocycles. The summed E-state index contributed by atoms with van der Waals surface area (Å²) < 4.78 is 79.0. The lowest BCUT2D eigenvalue weighted by Crippen LogP contribution is -2.37. The van der Waals surface area contributed by atoms with E-state index in [1.807, 2.05) is 12.2 Å². The first-order valence-electron chi connectivity index (χ1n) is 7.93. The summed E-state index contributed by atoms with van der Waals surface area (Å²) in [5.41, 5.74) is -1.79. The minimum atomic E-state index is -4.78. The smallest absolute Gasteiger partial charge is 0.380 e. The van der Waals surface area contributed by atoms with Crippen LogP contribution < -0.4 is 10.6 Å². The van der Waals surface area contributed by atoms with Gasteiger partial charge in [-0.05, 0) is 12.8 Å². The van der Waals surface area contributed by atoms with Crippen molar-refractivity contribution in [3.05, 3.63) is 23.9 Å². The van der Waals surface area contributed by atoms with Crippen LogP contribution >= 0.6 is 0 Å². The lowest BCUT2D eigenvalue weighted by molar-refractivity contribution is -0.107. The Morgan fingerprint density at radius 2 is 1.89 bits per heavy atom. The fourth-order valence-corrected chi connectivity index (χ4v) is 2.21. The van der Waals surface area contributed by atoms with E-state index in [1.165, 1.54) is 0 Å². The number of allylic oxidation sites excluding steroid dienone is 2. The highest BCUT2D eigenvalue weighted by Gasteiger charge is 2.46. The van der Waals surface area contributed by atoms with Crippen LogP contribution in [0.25, 0.3) is 5.57 Å². The highest BCUT2D eigenvalue weighted by Crippen LogP contribution is 2.41. The molecule has 1 atom stereocenters. The fourth-order valence-electron chi connectivity index (χ4n) is 2.21. The molecule has 6 nitrogen and oxygen atoms in total. The SMILES string of the molecule is C=C(Nc1nc(NCCC)nc(C2=C(F)C(O)C(F)(F)CC2)n1)C(F)(F)F. The van der Waals surface area contributed by atoms with Gasteiger partial charge in [-0.3, -0.25) is 0 Å². The van der Waals surface area contributed by atoms with Crippen LogP contribution in [0.1, 0.15) is 32.0 Å². The molecular formula is C15H17F6N5O. The first-order valence-corrected chi connectivity index (χ1v) is 7.93. The molecule has 1 aromatic rings. The van der Waals surface area contributed by atoms with Crippen molar-refractivity contribution in [3.8, 4) is 0 Å². The predicted octanol–water partition coefficient (Wildman–Crippen LogP) is 3.65. The van der Waals surface area contributed by atoms with E-state index in [0.29, 0.717) is 13.0 Å². The molecule has 0 radical (unpaired) electrons. The van der Waals surface area contributed by atoms with Crippen molar-refractivity contribution in [2.24, 2.45) is 0 Å². The third-order valence-corrected chi connectivity index (χ3v) is 3.68. The Balaban J connectivity index is 2.45. The topological polar surface area (TPSA) is 83.0 Å². The van der Waals surface area contributed by atoms with E-state index in [2.05, 4.69) is 26.8 Å². The van der Waals surface area contributed by atoms with E-state index >= 15 is 0 Å². The molecule has 0 saturated heterocycles. The second kappa shape index (κ2) is 7.71. The Kier molecular flexibility index (Phi) is 5.97. The standard InChI is InChI=1S/C15H17F6N5O/c1-3-6-22-12-24-11(8-4-5-14(17,18)10(27)9(8)16)25-13(26-12)23-7(2)15(19,20)21/h10,27H,2-6H2,1H3,(H2,22,23,24,25,26). The van der Waals surface area contributed by atoms with Gasteiger partial charge in [0.15, 0.2) is 11.9 Å². The van der Waals surface area contributed by atoms with Crippen molar-refractivity contribution >= 4 is 17.5 Å². The van der Waals surface area contributed by atoms with Gasteiger partial charge in [0.2, 0.25) is 11.9 Å². The summed E-state index contributed by atoms with van der Waals surface area (Å²) in [7, 11) is 0. The molecular weight excluding hydrogens is 380 g/mol. The Labute approximate surface area is 150 Å². The quantitative estimate of drug-likeness (QED) is 0.636. The first kappa shape index (κ1) is 20.9. The zero-order chi connectivity index (χ0) is 20.4. The maximum absolute atomic E-state index is 14.2. The van der Waals surface area contributed by atoms with Crippen LogP contribution in [-0.2, 0) is 0 Å². The first-order chi connectivity index (χ1) is 12.5. The van der Waals surface area contributed by atoms with Gasteiger partial charge in [-0.2, -0.15) is 28.1 Å². The summed E-state index contributed by atoms with van der Waals surface area (Å²) in [5.74, 6) is -6.40. The average molecular weight is 397 g/mol.